The topological polar surface area (TPSA) is 64.1 Å². The van der Waals surface area contributed by atoms with Crippen LogP contribution >= 0.6 is 0 Å². The third kappa shape index (κ3) is 4.09. The third-order valence-electron chi connectivity index (χ3n) is 3.50. The van der Waals surface area contributed by atoms with Crippen LogP contribution in [0.3, 0.4) is 0 Å². The SMILES string of the molecule is CN(C)C1CCN(C(=O)N(CC(=O)O)C(C)(C)C)C1. The molecule has 6 heteroatoms. The number of hydrogen-bond acceptors (Lipinski definition) is 3. The summed E-state index contributed by atoms with van der Waals surface area (Å²) in [6.07, 6.45) is 0.934. The Morgan fingerprint density at radius 3 is 2.26 bits per heavy atom. The van der Waals surface area contributed by atoms with E-state index < -0.39 is 11.5 Å². The quantitative estimate of drug-likeness (QED) is 0.829. The van der Waals surface area contributed by atoms with E-state index in [0.717, 1.165) is 6.42 Å². The fraction of sp³-hybridized carbons (Fsp3) is 0.846. The van der Waals surface area contributed by atoms with Crippen molar-refractivity contribution in [1.82, 2.24) is 14.7 Å². The second kappa shape index (κ2) is 5.77. The average molecular weight is 271 g/mol. The van der Waals surface area contributed by atoms with Crippen LogP contribution in [0.15, 0.2) is 0 Å². The zero-order valence-corrected chi connectivity index (χ0v) is 12.5. The molecule has 19 heavy (non-hydrogen) atoms. The van der Waals surface area contributed by atoms with Gasteiger partial charge in [-0.1, -0.05) is 0 Å². The molecule has 0 radical (unpaired) electrons. The van der Waals surface area contributed by atoms with Crippen molar-refractivity contribution in [2.45, 2.75) is 38.8 Å². The fourth-order valence-corrected chi connectivity index (χ4v) is 2.23. The van der Waals surface area contributed by atoms with E-state index in [0.29, 0.717) is 19.1 Å². The smallest absolute Gasteiger partial charge is 0.323 e. The van der Waals surface area contributed by atoms with Gasteiger partial charge >= 0.3 is 12.0 Å². The molecule has 0 saturated carbocycles. The summed E-state index contributed by atoms with van der Waals surface area (Å²) < 4.78 is 0. The minimum Gasteiger partial charge on any atom is -0.480 e. The molecule has 0 aliphatic carbocycles. The van der Waals surface area contributed by atoms with Gasteiger partial charge in [-0.3, -0.25) is 4.79 Å². The molecule has 1 aliphatic heterocycles. The Hall–Kier alpha value is -1.30. The van der Waals surface area contributed by atoms with Crippen LogP contribution in [0.4, 0.5) is 4.79 Å². The minimum absolute atomic E-state index is 0.181. The number of carboxylic acids is 1. The number of carboxylic acid groups (broad SMARTS) is 1. The van der Waals surface area contributed by atoms with Gasteiger partial charge in [-0.15, -0.1) is 0 Å². The molecular weight excluding hydrogens is 246 g/mol. The molecule has 1 N–H and O–H groups in total. The zero-order chi connectivity index (χ0) is 14.8. The lowest BCUT2D eigenvalue weighted by Gasteiger charge is -2.37. The number of rotatable bonds is 3. The minimum atomic E-state index is -0.980. The first-order chi connectivity index (χ1) is 8.62. The molecule has 2 amide bonds. The van der Waals surface area contributed by atoms with Crippen molar-refractivity contribution in [3.63, 3.8) is 0 Å². The van der Waals surface area contributed by atoms with Crippen molar-refractivity contribution in [3.05, 3.63) is 0 Å². The maximum atomic E-state index is 12.5. The number of amides is 2. The molecule has 0 bridgehead atoms. The number of carbonyl (C=O) groups is 2. The molecule has 1 aliphatic rings. The predicted octanol–water partition coefficient (Wildman–Crippen LogP) is 0.927. The second-order valence-corrected chi connectivity index (χ2v) is 6.29. The van der Waals surface area contributed by atoms with Gasteiger partial charge in [0, 0.05) is 24.7 Å². The first-order valence-electron chi connectivity index (χ1n) is 6.57. The van der Waals surface area contributed by atoms with Crippen LogP contribution in [0.1, 0.15) is 27.2 Å². The van der Waals surface area contributed by atoms with Gasteiger partial charge in [-0.2, -0.15) is 0 Å². The highest BCUT2D eigenvalue weighted by Gasteiger charge is 2.35. The van der Waals surface area contributed by atoms with Crippen molar-refractivity contribution in [1.29, 1.82) is 0 Å². The molecule has 0 aromatic rings. The highest BCUT2D eigenvalue weighted by molar-refractivity contribution is 5.81. The highest BCUT2D eigenvalue weighted by atomic mass is 16.4. The maximum Gasteiger partial charge on any atom is 0.323 e. The zero-order valence-electron chi connectivity index (χ0n) is 12.5. The lowest BCUT2D eigenvalue weighted by atomic mass is 10.1. The molecule has 1 atom stereocenters. The van der Waals surface area contributed by atoms with E-state index in [4.69, 9.17) is 5.11 Å². The number of urea groups is 1. The van der Waals surface area contributed by atoms with E-state index >= 15 is 0 Å². The number of aliphatic carboxylic acids is 1. The largest absolute Gasteiger partial charge is 0.480 e. The van der Waals surface area contributed by atoms with E-state index in [2.05, 4.69) is 4.90 Å². The summed E-state index contributed by atoms with van der Waals surface area (Å²) in [6, 6.07) is 0.176. The molecule has 0 aromatic heterocycles. The van der Waals surface area contributed by atoms with Crippen LogP contribution in [0, 0.1) is 0 Å². The lowest BCUT2D eigenvalue weighted by molar-refractivity contribution is -0.138. The standard InChI is InChI=1S/C13H25N3O3/c1-13(2,3)16(9-11(17)18)12(19)15-7-6-10(8-15)14(4)5/h10H,6-9H2,1-5H3,(H,17,18). The van der Waals surface area contributed by atoms with Gasteiger partial charge in [0.2, 0.25) is 0 Å². The second-order valence-electron chi connectivity index (χ2n) is 6.29. The molecule has 1 rings (SSSR count). The first kappa shape index (κ1) is 15.8. The molecular formula is C13H25N3O3. The normalized spacial score (nSPS) is 19.9. The molecule has 0 aromatic carbocycles. The number of carbonyl (C=O) groups excluding carboxylic acids is 1. The Bertz CT molecular complexity index is 350. The van der Waals surface area contributed by atoms with Gasteiger partial charge in [0.15, 0.2) is 0 Å². The van der Waals surface area contributed by atoms with Crippen molar-refractivity contribution in [2.75, 3.05) is 33.7 Å². The van der Waals surface area contributed by atoms with Gasteiger partial charge in [-0.25, -0.2) is 4.79 Å². The Morgan fingerprint density at radius 2 is 1.89 bits per heavy atom. The van der Waals surface area contributed by atoms with Gasteiger partial charge < -0.3 is 19.8 Å². The lowest BCUT2D eigenvalue weighted by Crippen LogP contribution is -2.53. The third-order valence-corrected chi connectivity index (χ3v) is 3.50. The Labute approximate surface area is 115 Å². The summed E-state index contributed by atoms with van der Waals surface area (Å²) in [4.78, 5) is 28.7. The van der Waals surface area contributed by atoms with Crippen molar-refractivity contribution < 1.29 is 14.7 Å². The van der Waals surface area contributed by atoms with Crippen molar-refractivity contribution >= 4 is 12.0 Å². The summed E-state index contributed by atoms with van der Waals surface area (Å²) in [5.41, 5.74) is -0.494. The summed E-state index contributed by atoms with van der Waals surface area (Å²) in [5.74, 6) is -0.980. The molecule has 1 unspecified atom stereocenters. The number of likely N-dealkylation sites (tertiary alicyclic amines) is 1. The maximum absolute atomic E-state index is 12.5. The number of hydrogen-bond donors (Lipinski definition) is 1. The predicted molar refractivity (Wildman–Crippen MR) is 73.2 cm³/mol. The highest BCUT2D eigenvalue weighted by Crippen LogP contribution is 2.20. The van der Waals surface area contributed by atoms with Gasteiger partial charge in [0.25, 0.3) is 0 Å². The number of nitrogens with zero attached hydrogens (tertiary/aromatic N) is 3. The monoisotopic (exact) mass is 271 g/mol. The average Bonchev–Trinajstić information content (AvgIpc) is 2.72. The summed E-state index contributed by atoms with van der Waals surface area (Å²) in [6.45, 7) is 6.66. The fourth-order valence-electron chi connectivity index (χ4n) is 2.23. The van der Waals surface area contributed by atoms with E-state index in [1.807, 2.05) is 34.9 Å². The Kier molecular flexibility index (Phi) is 4.79. The molecule has 1 saturated heterocycles. The summed E-state index contributed by atoms with van der Waals surface area (Å²) in [5, 5.41) is 8.96. The molecule has 110 valence electrons. The first-order valence-corrected chi connectivity index (χ1v) is 6.57. The summed E-state index contributed by atoms with van der Waals surface area (Å²) in [7, 11) is 3.99. The van der Waals surface area contributed by atoms with Crippen molar-refractivity contribution in [2.24, 2.45) is 0 Å². The van der Waals surface area contributed by atoms with Crippen LogP contribution in [-0.2, 0) is 4.79 Å². The molecule has 0 spiro atoms. The van der Waals surface area contributed by atoms with E-state index in [9.17, 15) is 9.59 Å². The van der Waals surface area contributed by atoms with Gasteiger partial charge in [-0.05, 0) is 41.3 Å². The van der Waals surface area contributed by atoms with Crippen molar-refractivity contribution in [3.8, 4) is 0 Å². The number of likely N-dealkylation sites (N-methyl/N-ethyl adjacent to an activating group) is 1. The molecule has 1 fully saturated rings. The van der Waals surface area contributed by atoms with Crippen LogP contribution in [0.2, 0.25) is 0 Å². The van der Waals surface area contributed by atoms with E-state index in [1.165, 1.54) is 4.90 Å². The van der Waals surface area contributed by atoms with Gasteiger partial charge in [0.1, 0.15) is 6.54 Å². The van der Waals surface area contributed by atoms with E-state index in [1.54, 1.807) is 4.90 Å². The van der Waals surface area contributed by atoms with Crippen LogP contribution in [0.5, 0.6) is 0 Å². The molecule has 1 heterocycles. The Balaban J connectivity index is 2.76. The Morgan fingerprint density at radius 1 is 1.32 bits per heavy atom. The van der Waals surface area contributed by atoms with Crippen LogP contribution < -0.4 is 0 Å². The van der Waals surface area contributed by atoms with Gasteiger partial charge in [0.05, 0.1) is 0 Å². The summed E-state index contributed by atoms with van der Waals surface area (Å²) >= 11 is 0. The van der Waals surface area contributed by atoms with Crippen LogP contribution in [-0.4, -0.2) is 77.1 Å². The van der Waals surface area contributed by atoms with E-state index in [-0.39, 0.29) is 12.6 Å². The van der Waals surface area contributed by atoms with Crippen LogP contribution in [0.25, 0.3) is 0 Å². The molecule has 6 nitrogen and oxygen atoms in total.